The quantitative estimate of drug-likeness (QED) is 0.382. The second-order valence-electron chi connectivity index (χ2n) is 7.50. The second-order valence-corrected chi connectivity index (χ2v) is 8.37. The zero-order valence-corrected chi connectivity index (χ0v) is 17.8. The third-order valence-electron chi connectivity index (χ3n) is 4.96. The van der Waals surface area contributed by atoms with E-state index >= 15 is 0 Å². The molecule has 0 saturated carbocycles. The SMILES string of the molecule is CC(C)CCn1nc2c(-c3ccc(Cl)cc3)c(-c3ccc(Cl)cc3)ccn2c1=O. The Morgan fingerprint density at radius 1 is 0.897 bits per heavy atom. The van der Waals surface area contributed by atoms with Crippen molar-refractivity contribution in [2.75, 3.05) is 0 Å². The van der Waals surface area contributed by atoms with E-state index in [1.54, 1.807) is 15.3 Å². The van der Waals surface area contributed by atoms with Crippen LogP contribution in [0.25, 0.3) is 27.9 Å². The van der Waals surface area contributed by atoms with Gasteiger partial charge in [-0.2, -0.15) is 0 Å². The first-order chi connectivity index (χ1) is 13.9. The molecule has 0 aliphatic heterocycles. The summed E-state index contributed by atoms with van der Waals surface area (Å²) in [6, 6.07) is 17.2. The summed E-state index contributed by atoms with van der Waals surface area (Å²) in [6.07, 6.45) is 2.68. The molecule has 0 fully saturated rings. The monoisotopic (exact) mass is 425 g/mol. The van der Waals surface area contributed by atoms with E-state index in [0.29, 0.717) is 28.2 Å². The number of hydrogen-bond donors (Lipinski definition) is 0. The van der Waals surface area contributed by atoms with Crippen molar-refractivity contribution in [3.05, 3.63) is 81.3 Å². The Bertz CT molecular complexity index is 1210. The summed E-state index contributed by atoms with van der Waals surface area (Å²) in [5, 5.41) is 6.03. The predicted octanol–water partition coefficient (Wildman–Crippen LogP) is 6.18. The van der Waals surface area contributed by atoms with Crippen LogP contribution in [0.5, 0.6) is 0 Å². The predicted molar refractivity (Wildman–Crippen MR) is 120 cm³/mol. The number of rotatable bonds is 5. The summed E-state index contributed by atoms with van der Waals surface area (Å²) in [4.78, 5) is 12.9. The highest BCUT2D eigenvalue weighted by atomic mass is 35.5. The van der Waals surface area contributed by atoms with E-state index < -0.39 is 0 Å². The molecule has 0 aliphatic carbocycles. The fourth-order valence-corrected chi connectivity index (χ4v) is 3.63. The van der Waals surface area contributed by atoms with Gasteiger partial charge in [-0.1, -0.05) is 61.3 Å². The lowest BCUT2D eigenvalue weighted by Gasteiger charge is -2.11. The molecule has 4 nitrogen and oxygen atoms in total. The van der Waals surface area contributed by atoms with Gasteiger partial charge in [0.25, 0.3) is 0 Å². The second kappa shape index (κ2) is 8.05. The van der Waals surface area contributed by atoms with Crippen molar-refractivity contribution in [1.82, 2.24) is 14.2 Å². The molecule has 29 heavy (non-hydrogen) atoms. The van der Waals surface area contributed by atoms with Gasteiger partial charge in [-0.25, -0.2) is 13.9 Å². The zero-order valence-electron chi connectivity index (χ0n) is 16.3. The number of nitrogens with zero attached hydrogens (tertiary/aromatic N) is 3. The highest BCUT2D eigenvalue weighted by Crippen LogP contribution is 2.35. The third-order valence-corrected chi connectivity index (χ3v) is 5.46. The van der Waals surface area contributed by atoms with Crippen molar-refractivity contribution in [1.29, 1.82) is 0 Å². The Balaban J connectivity index is 1.97. The highest BCUT2D eigenvalue weighted by Gasteiger charge is 2.17. The lowest BCUT2D eigenvalue weighted by atomic mass is 9.96. The molecule has 0 saturated heterocycles. The summed E-state index contributed by atoms with van der Waals surface area (Å²) in [6.45, 7) is 4.87. The molecule has 0 bridgehead atoms. The maximum absolute atomic E-state index is 12.9. The van der Waals surface area contributed by atoms with Gasteiger partial charge in [0, 0.05) is 28.4 Å². The number of aromatic nitrogens is 3. The summed E-state index contributed by atoms with van der Waals surface area (Å²) >= 11 is 12.2. The standard InChI is InChI=1S/C23H21Cl2N3O/c1-15(2)11-14-28-23(29)27-13-12-20(16-3-7-18(24)8-4-16)21(22(27)26-28)17-5-9-19(25)10-6-17/h3-10,12-13,15H,11,14H2,1-2H3. The molecule has 4 aromatic rings. The first kappa shape index (κ1) is 19.7. The normalized spacial score (nSPS) is 11.5. The largest absolute Gasteiger partial charge is 0.350 e. The van der Waals surface area contributed by atoms with Crippen LogP contribution in [0.15, 0.2) is 65.6 Å². The van der Waals surface area contributed by atoms with Gasteiger partial charge < -0.3 is 0 Å². The van der Waals surface area contributed by atoms with Crippen molar-refractivity contribution in [3.8, 4) is 22.3 Å². The summed E-state index contributed by atoms with van der Waals surface area (Å²) in [7, 11) is 0. The van der Waals surface area contributed by atoms with E-state index in [9.17, 15) is 4.79 Å². The Morgan fingerprint density at radius 2 is 1.48 bits per heavy atom. The van der Waals surface area contributed by atoms with Crippen LogP contribution in [0.3, 0.4) is 0 Å². The Morgan fingerprint density at radius 3 is 2.07 bits per heavy atom. The lowest BCUT2D eigenvalue weighted by molar-refractivity contribution is 0.478. The molecular weight excluding hydrogens is 405 g/mol. The number of hydrogen-bond acceptors (Lipinski definition) is 2. The summed E-state index contributed by atoms with van der Waals surface area (Å²) in [5.74, 6) is 0.493. The molecule has 2 heterocycles. The third kappa shape index (κ3) is 3.96. The van der Waals surface area contributed by atoms with Crippen molar-refractivity contribution in [3.63, 3.8) is 0 Å². The summed E-state index contributed by atoms with van der Waals surface area (Å²) < 4.78 is 3.17. The van der Waals surface area contributed by atoms with Gasteiger partial charge in [-0.05, 0) is 59.4 Å². The van der Waals surface area contributed by atoms with Gasteiger partial charge in [0.05, 0.1) is 0 Å². The van der Waals surface area contributed by atoms with Crippen LogP contribution in [0.1, 0.15) is 20.3 Å². The van der Waals surface area contributed by atoms with Gasteiger partial charge in [0.15, 0.2) is 5.65 Å². The highest BCUT2D eigenvalue weighted by molar-refractivity contribution is 6.31. The van der Waals surface area contributed by atoms with Crippen LogP contribution in [0, 0.1) is 5.92 Å². The molecule has 0 N–H and O–H groups in total. The molecule has 148 valence electrons. The number of benzene rings is 2. The van der Waals surface area contributed by atoms with E-state index in [-0.39, 0.29) is 5.69 Å². The fraction of sp³-hybridized carbons (Fsp3) is 0.217. The van der Waals surface area contributed by atoms with Gasteiger partial charge in [0.2, 0.25) is 0 Å². The molecule has 0 radical (unpaired) electrons. The van der Waals surface area contributed by atoms with Gasteiger partial charge in [0.1, 0.15) is 0 Å². The number of pyridine rings is 1. The van der Waals surface area contributed by atoms with E-state index in [1.807, 2.05) is 54.6 Å². The molecule has 0 amide bonds. The molecule has 0 atom stereocenters. The maximum atomic E-state index is 12.9. The minimum absolute atomic E-state index is 0.126. The molecule has 0 spiro atoms. The van der Waals surface area contributed by atoms with Crippen molar-refractivity contribution >= 4 is 28.8 Å². The van der Waals surface area contributed by atoms with Crippen LogP contribution < -0.4 is 5.69 Å². The average Bonchev–Trinajstić information content (AvgIpc) is 3.03. The molecule has 6 heteroatoms. The number of fused-ring (bicyclic) bond motifs is 1. The van der Waals surface area contributed by atoms with Crippen molar-refractivity contribution in [2.45, 2.75) is 26.8 Å². The van der Waals surface area contributed by atoms with Crippen LogP contribution in [-0.2, 0) is 6.54 Å². The number of halogens is 2. The van der Waals surface area contributed by atoms with E-state index in [1.165, 1.54) is 0 Å². The van der Waals surface area contributed by atoms with Gasteiger partial charge in [-0.15, -0.1) is 5.10 Å². The van der Waals surface area contributed by atoms with Gasteiger partial charge >= 0.3 is 5.69 Å². The van der Waals surface area contributed by atoms with Crippen LogP contribution in [0.2, 0.25) is 10.0 Å². The van der Waals surface area contributed by atoms with Crippen molar-refractivity contribution < 1.29 is 0 Å². The lowest BCUT2D eigenvalue weighted by Crippen LogP contribution is -2.21. The Hall–Kier alpha value is -2.56. The molecular formula is C23H21Cl2N3O. The van der Waals surface area contributed by atoms with Gasteiger partial charge in [-0.3, -0.25) is 0 Å². The van der Waals surface area contributed by atoms with E-state index in [0.717, 1.165) is 28.7 Å². The topological polar surface area (TPSA) is 39.3 Å². The summed E-state index contributed by atoms with van der Waals surface area (Å²) in [5.41, 5.74) is 4.34. The fourth-order valence-electron chi connectivity index (χ4n) is 3.38. The molecule has 0 unspecified atom stereocenters. The minimum Gasteiger partial charge on any atom is -0.250 e. The smallest absolute Gasteiger partial charge is 0.250 e. The Kier molecular flexibility index (Phi) is 5.48. The van der Waals surface area contributed by atoms with Crippen LogP contribution in [0.4, 0.5) is 0 Å². The van der Waals surface area contributed by atoms with Crippen molar-refractivity contribution in [2.24, 2.45) is 5.92 Å². The average molecular weight is 426 g/mol. The molecule has 0 aliphatic rings. The maximum Gasteiger partial charge on any atom is 0.350 e. The zero-order chi connectivity index (χ0) is 20.5. The first-order valence-corrected chi connectivity index (χ1v) is 10.3. The molecule has 2 aromatic heterocycles. The Labute approximate surface area is 179 Å². The van der Waals surface area contributed by atoms with E-state index in [2.05, 4.69) is 13.8 Å². The minimum atomic E-state index is -0.126. The van der Waals surface area contributed by atoms with Crippen LogP contribution >= 0.6 is 23.2 Å². The molecule has 2 aromatic carbocycles. The van der Waals surface area contributed by atoms with Crippen LogP contribution in [-0.4, -0.2) is 14.2 Å². The first-order valence-electron chi connectivity index (χ1n) is 9.58. The molecule has 4 rings (SSSR count). The number of aryl methyl sites for hydroxylation is 1. The van der Waals surface area contributed by atoms with E-state index in [4.69, 9.17) is 28.3 Å².